The van der Waals surface area contributed by atoms with Gasteiger partial charge in [-0.3, -0.25) is 14.9 Å². The minimum Gasteiger partial charge on any atom is -0.349 e. The first-order valence-electron chi connectivity index (χ1n) is 6.04. The van der Waals surface area contributed by atoms with Crippen molar-refractivity contribution < 1.29 is 4.79 Å². The summed E-state index contributed by atoms with van der Waals surface area (Å²) in [5, 5.41) is 9.64. The lowest BCUT2D eigenvalue weighted by Gasteiger charge is -2.12. The molecule has 2 aromatic rings. The third kappa shape index (κ3) is 2.97. The SMILES string of the molecule is Cc1n[nH]c(C)c1[C@@H](N)C(=O)NCc1ccccn1. The molecular formula is C13H17N5O. The number of carbonyl (C=O) groups excluding carboxylic acids is 1. The van der Waals surface area contributed by atoms with Crippen molar-refractivity contribution in [2.24, 2.45) is 5.73 Å². The molecule has 0 aromatic carbocycles. The monoisotopic (exact) mass is 259 g/mol. The van der Waals surface area contributed by atoms with Crippen LogP contribution in [0.25, 0.3) is 0 Å². The number of nitrogens with zero attached hydrogens (tertiary/aromatic N) is 2. The fourth-order valence-electron chi connectivity index (χ4n) is 1.94. The Labute approximate surface area is 111 Å². The third-order valence-corrected chi connectivity index (χ3v) is 2.95. The molecule has 2 aromatic heterocycles. The smallest absolute Gasteiger partial charge is 0.241 e. The van der Waals surface area contributed by atoms with E-state index >= 15 is 0 Å². The van der Waals surface area contributed by atoms with Crippen molar-refractivity contribution in [3.05, 3.63) is 47.0 Å². The van der Waals surface area contributed by atoms with Crippen LogP contribution in [0.3, 0.4) is 0 Å². The van der Waals surface area contributed by atoms with Crippen LogP contribution in [0.1, 0.15) is 28.7 Å². The maximum absolute atomic E-state index is 12.0. The van der Waals surface area contributed by atoms with E-state index in [9.17, 15) is 4.79 Å². The van der Waals surface area contributed by atoms with Crippen LogP contribution in [0.15, 0.2) is 24.4 Å². The van der Waals surface area contributed by atoms with Gasteiger partial charge in [0.05, 0.1) is 17.9 Å². The van der Waals surface area contributed by atoms with Crippen LogP contribution < -0.4 is 11.1 Å². The lowest BCUT2D eigenvalue weighted by Crippen LogP contribution is -2.34. The number of pyridine rings is 1. The molecule has 4 N–H and O–H groups in total. The average molecular weight is 259 g/mol. The predicted molar refractivity (Wildman–Crippen MR) is 71.1 cm³/mol. The van der Waals surface area contributed by atoms with Gasteiger partial charge in [0, 0.05) is 17.5 Å². The topological polar surface area (TPSA) is 96.7 Å². The Bertz CT molecular complexity index is 544. The van der Waals surface area contributed by atoms with Crippen molar-refractivity contribution in [1.29, 1.82) is 0 Å². The second kappa shape index (κ2) is 5.62. The Hall–Kier alpha value is -2.21. The molecule has 0 unspecified atom stereocenters. The number of hydrogen-bond acceptors (Lipinski definition) is 4. The Morgan fingerprint density at radius 2 is 2.26 bits per heavy atom. The first kappa shape index (κ1) is 13.2. The highest BCUT2D eigenvalue weighted by atomic mass is 16.2. The summed E-state index contributed by atoms with van der Waals surface area (Å²) in [6.07, 6.45) is 1.69. The fourth-order valence-corrected chi connectivity index (χ4v) is 1.94. The summed E-state index contributed by atoms with van der Waals surface area (Å²) in [5.74, 6) is -0.238. The lowest BCUT2D eigenvalue weighted by molar-refractivity contribution is -0.122. The first-order chi connectivity index (χ1) is 9.09. The van der Waals surface area contributed by atoms with Gasteiger partial charge in [-0.05, 0) is 26.0 Å². The molecule has 0 aliphatic rings. The van der Waals surface area contributed by atoms with Crippen molar-refractivity contribution >= 4 is 5.91 Å². The van der Waals surface area contributed by atoms with Gasteiger partial charge < -0.3 is 11.1 Å². The Morgan fingerprint density at radius 1 is 1.47 bits per heavy atom. The van der Waals surface area contributed by atoms with E-state index in [2.05, 4.69) is 20.5 Å². The highest BCUT2D eigenvalue weighted by molar-refractivity contribution is 5.83. The summed E-state index contributed by atoms with van der Waals surface area (Å²) in [6.45, 7) is 4.04. The second-order valence-electron chi connectivity index (χ2n) is 4.36. The highest BCUT2D eigenvalue weighted by Gasteiger charge is 2.21. The van der Waals surface area contributed by atoms with Crippen molar-refractivity contribution in [2.75, 3.05) is 0 Å². The zero-order valence-corrected chi connectivity index (χ0v) is 11.0. The van der Waals surface area contributed by atoms with E-state index in [-0.39, 0.29) is 5.91 Å². The number of rotatable bonds is 4. The van der Waals surface area contributed by atoms with Crippen LogP contribution >= 0.6 is 0 Å². The Balaban J connectivity index is 2.01. The van der Waals surface area contributed by atoms with Gasteiger partial charge in [0.2, 0.25) is 5.91 Å². The number of nitrogens with two attached hydrogens (primary N) is 1. The van der Waals surface area contributed by atoms with Crippen molar-refractivity contribution in [2.45, 2.75) is 26.4 Å². The van der Waals surface area contributed by atoms with E-state index in [1.54, 1.807) is 6.20 Å². The van der Waals surface area contributed by atoms with Gasteiger partial charge in [0.1, 0.15) is 6.04 Å². The highest BCUT2D eigenvalue weighted by Crippen LogP contribution is 2.17. The molecule has 100 valence electrons. The van der Waals surface area contributed by atoms with Gasteiger partial charge in [0.25, 0.3) is 0 Å². The number of nitrogens with one attached hydrogen (secondary N) is 2. The van der Waals surface area contributed by atoms with E-state index in [0.717, 1.165) is 22.6 Å². The molecule has 1 atom stereocenters. The van der Waals surface area contributed by atoms with Crippen LogP contribution in [0.5, 0.6) is 0 Å². The van der Waals surface area contributed by atoms with Crippen LogP contribution in [-0.4, -0.2) is 21.1 Å². The number of aromatic nitrogens is 3. The lowest BCUT2D eigenvalue weighted by atomic mass is 10.1. The standard InChI is InChI=1S/C13H17N5O/c1-8-11(9(2)18-17-8)12(14)13(19)16-7-10-5-3-4-6-15-10/h3-6,12H,7,14H2,1-2H3,(H,16,19)(H,17,18)/t12-/m1/s1. The van der Waals surface area contributed by atoms with Gasteiger partial charge in [-0.25, -0.2) is 0 Å². The molecule has 6 nitrogen and oxygen atoms in total. The van der Waals surface area contributed by atoms with Crippen molar-refractivity contribution in [3.8, 4) is 0 Å². The van der Waals surface area contributed by atoms with E-state index in [1.807, 2.05) is 32.0 Å². The molecule has 0 spiro atoms. The Kier molecular flexibility index (Phi) is 3.91. The molecule has 2 heterocycles. The number of amides is 1. The molecule has 0 saturated heterocycles. The van der Waals surface area contributed by atoms with Gasteiger partial charge in [-0.1, -0.05) is 6.07 Å². The molecule has 0 bridgehead atoms. The van der Waals surface area contributed by atoms with Gasteiger partial charge in [-0.15, -0.1) is 0 Å². The molecule has 0 radical (unpaired) electrons. The predicted octanol–water partition coefficient (Wildman–Crippen LogP) is 0.738. The molecule has 2 rings (SSSR count). The van der Waals surface area contributed by atoms with Crippen LogP contribution in [-0.2, 0) is 11.3 Å². The fraction of sp³-hybridized carbons (Fsp3) is 0.308. The quantitative estimate of drug-likeness (QED) is 0.754. The molecule has 0 saturated carbocycles. The number of aryl methyl sites for hydroxylation is 2. The third-order valence-electron chi connectivity index (χ3n) is 2.95. The maximum Gasteiger partial charge on any atom is 0.241 e. The largest absolute Gasteiger partial charge is 0.349 e. The maximum atomic E-state index is 12.0. The van der Waals surface area contributed by atoms with Crippen molar-refractivity contribution in [3.63, 3.8) is 0 Å². The summed E-state index contributed by atoms with van der Waals surface area (Å²) in [4.78, 5) is 16.1. The Morgan fingerprint density at radius 3 is 2.84 bits per heavy atom. The van der Waals surface area contributed by atoms with Gasteiger partial charge in [-0.2, -0.15) is 5.10 Å². The molecule has 6 heteroatoms. The first-order valence-corrected chi connectivity index (χ1v) is 6.04. The van der Waals surface area contributed by atoms with E-state index in [0.29, 0.717) is 6.54 Å². The second-order valence-corrected chi connectivity index (χ2v) is 4.36. The average Bonchev–Trinajstić information content (AvgIpc) is 2.76. The van der Waals surface area contributed by atoms with Crippen LogP contribution in [0.2, 0.25) is 0 Å². The molecule has 1 amide bonds. The molecule has 0 fully saturated rings. The van der Waals surface area contributed by atoms with Crippen molar-refractivity contribution in [1.82, 2.24) is 20.5 Å². The summed E-state index contributed by atoms with van der Waals surface area (Å²) in [5.41, 5.74) is 9.07. The van der Waals surface area contributed by atoms with E-state index in [1.165, 1.54) is 0 Å². The number of carbonyl (C=O) groups is 1. The van der Waals surface area contributed by atoms with Crippen LogP contribution in [0.4, 0.5) is 0 Å². The van der Waals surface area contributed by atoms with Gasteiger partial charge in [0.15, 0.2) is 0 Å². The molecule has 0 aliphatic heterocycles. The number of hydrogen-bond donors (Lipinski definition) is 3. The summed E-state index contributed by atoms with van der Waals surface area (Å²) < 4.78 is 0. The van der Waals surface area contributed by atoms with Crippen LogP contribution in [0, 0.1) is 13.8 Å². The molecule has 0 aliphatic carbocycles. The summed E-state index contributed by atoms with van der Waals surface area (Å²) in [7, 11) is 0. The van der Waals surface area contributed by atoms with Gasteiger partial charge >= 0.3 is 0 Å². The minimum absolute atomic E-state index is 0.238. The van der Waals surface area contributed by atoms with E-state index < -0.39 is 6.04 Å². The minimum atomic E-state index is -0.720. The van der Waals surface area contributed by atoms with E-state index in [4.69, 9.17) is 5.73 Å². The zero-order chi connectivity index (χ0) is 13.8. The number of aromatic amines is 1. The number of H-pyrrole nitrogens is 1. The summed E-state index contributed by atoms with van der Waals surface area (Å²) >= 11 is 0. The summed E-state index contributed by atoms with van der Waals surface area (Å²) in [6, 6.07) is 4.83. The molecular weight excluding hydrogens is 242 g/mol. The molecule has 19 heavy (non-hydrogen) atoms. The zero-order valence-electron chi connectivity index (χ0n) is 11.0. The normalized spacial score (nSPS) is 12.2.